The quantitative estimate of drug-likeness (QED) is 0.834. The largest absolute Gasteiger partial charge is 0.338 e. The van der Waals surface area contributed by atoms with Crippen LogP contribution in [0.5, 0.6) is 0 Å². The zero-order valence-corrected chi connectivity index (χ0v) is 16.4. The van der Waals surface area contributed by atoms with Gasteiger partial charge in [-0.1, -0.05) is 20.8 Å². The monoisotopic (exact) mass is 371 g/mol. The first kappa shape index (κ1) is 20.4. The lowest BCUT2D eigenvalue weighted by Gasteiger charge is -2.24. The molecule has 0 aromatic carbocycles. The van der Waals surface area contributed by atoms with Crippen molar-refractivity contribution in [3.8, 4) is 6.07 Å². The predicted molar refractivity (Wildman–Crippen MR) is 103 cm³/mol. The SMILES string of the molecule is CCCn1c(=O)[nH]c(=O)c2c(C(=O)N(C)C(C)CC#N)cc(C(C)C)nc21. The van der Waals surface area contributed by atoms with Gasteiger partial charge in [0, 0.05) is 25.3 Å². The van der Waals surface area contributed by atoms with Crippen molar-refractivity contribution in [1.29, 1.82) is 5.26 Å². The Morgan fingerprint density at radius 1 is 1.37 bits per heavy atom. The topological polar surface area (TPSA) is 112 Å². The van der Waals surface area contributed by atoms with Crippen LogP contribution in [0.15, 0.2) is 15.7 Å². The fourth-order valence-electron chi connectivity index (χ4n) is 2.85. The van der Waals surface area contributed by atoms with E-state index in [1.54, 1.807) is 20.0 Å². The molecule has 1 amide bonds. The number of carbonyl (C=O) groups excluding carboxylic acids is 1. The van der Waals surface area contributed by atoms with E-state index in [9.17, 15) is 14.4 Å². The molecule has 144 valence electrons. The highest BCUT2D eigenvalue weighted by Gasteiger charge is 2.24. The van der Waals surface area contributed by atoms with Crippen molar-refractivity contribution in [1.82, 2.24) is 19.4 Å². The van der Waals surface area contributed by atoms with E-state index in [0.29, 0.717) is 18.7 Å². The minimum Gasteiger partial charge on any atom is -0.338 e. The van der Waals surface area contributed by atoms with E-state index < -0.39 is 11.2 Å². The van der Waals surface area contributed by atoms with Crippen LogP contribution in [0, 0.1) is 11.3 Å². The first-order valence-corrected chi connectivity index (χ1v) is 9.04. The number of nitriles is 1. The van der Waals surface area contributed by atoms with Gasteiger partial charge in [0.15, 0.2) is 5.65 Å². The molecule has 27 heavy (non-hydrogen) atoms. The maximum atomic E-state index is 13.1. The second-order valence-electron chi connectivity index (χ2n) is 6.99. The van der Waals surface area contributed by atoms with Crippen LogP contribution in [-0.4, -0.2) is 38.4 Å². The zero-order chi connectivity index (χ0) is 20.3. The van der Waals surface area contributed by atoms with Crippen molar-refractivity contribution in [3.63, 3.8) is 0 Å². The van der Waals surface area contributed by atoms with E-state index >= 15 is 0 Å². The van der Waals surface area contributed by atoms with Crippen molar-refractivity contribution in [3.05, 3.63) is 38.2 Å². The van der Waals surface area contributed by atoms with Gasteiger partial charge in [-0.05, 0) is 25.3 Å². The van der Waals surface area contributed by atoms with Crippen molar-refractivity contribution in [2.75, 3.05) is 7.05 Å². The van der Waals surface area contributed by atoms with Crippen molar-refractivity contribution < 1.29 is 4.79 Å². The van der Waals surface area contributed by atoms with Gasteiger partial charge in [-0.3, -0.25) is 19.1 Å². The number of fused-ring (bicyclic) bond motifs is 1. The number of amides is 1. The summed E-state index contributed by atoms with van der Waals surface area (Å²) in [5, 5.41) is 9.01. The number of H-pyrrole nitrogens is 1. The summed E-state index contributed by atoms with van der Waals surface area (Å²) in [7, 11) is 1.60. The number of hydrogen-bond acceptors (Lipinski definition) is 5. The fourth-order valence-corrected chi connectivity index (χ4v) is 2.85. The molecule has 0 aliphatic rings. The molecule has 0 saturated heterocycles. The van der Waals surface area contributed by atoms with Crippen LogP contribution in [0.3, 0.4) is 0 Å². The number of hydrogen-bond donors (Lipinski definition) is 1. The number of rotatable bonds is 6. The van der Waals surface area contributed by atoms with Gasteiger partial charge in [0.2, 0.25) is 0 Å². The number of aromatic nitrogens is 3. The van der Waals surface area contributed by atoms with Gasteiger partial charge >= 0.3 is 5.69 Å². The molecule has 0 aliphatic heterocycles. The summed E-state index contributed by atoms with van der Waals surface area (Å²) in [6.07, 6.45) is 0.857. The van der Waals surface area contributed by atoms with Gasteiger partial charge in [0.25, 0.3) is 11.5 Å². The lowest BCUT2D eigenvalue weighted by atomic mass is 10.0. The Hall–Kier alpha value is -2.95. The molecule has 1 atom stereocenters. The van der Waals surface area contributed by atoms with Crippen LogP contribution in [0.25, 0.3) is 11.0 Å². The first-order valence-electron chi connectivity index (χ1n) is 9.04. The third-order valence-electron chi connectivity index (χ3n) is 4.61. The van der Waals surface area contributed by atoms with Gasteiger partial charge in [-0.25, -0.2) is 9.78 Å². The maximum absolute atomic E-state index is 13.1. The smallest absolute Gasteiger partial charge is 0.329 e. The fraction of sp³-hybridized carbons (Fsp3) is 0.526. The lowest BCUT2D eigenvalue weighted by molar-refractivity contribution is 0.0748. The summed E-state index contributed by atoms with van der Waals surface area (Å²) in [6.45, 7) is 7.93. The van der Waals surface area contributed by atoms with Gasteiger partial charge in [0.05, 0.1) is 23.4 Å². The van der Waals surface area contributed by atoms with Gasteiger partial charge in [-0.15, -0.1) is 0 Å². The Bertz CT molecular complexity index is 1010. The average molecular weight is 371 g/mol. The van der Waals surface area contributed by atoms with Gasteiger partial charge in [0.1, 0.15) is 0 Å². The molecule has 0 aliphatic carbocycles. The average Bonchev–Trinajstić information content (AvgIpc) is 2.62. The number of aromatic amines is 1. The Balaban J connectivity index is 2.84. The highest BCUT2D eigenvalue weighted by molar-refractivity contribution is 6.05. The molecule has 8 heteroatoms. The minimum atomic E-state index is -0.630. The molecule has 0 spiro atoms. The van der Waals surface area contributed by atoms with E-state index in [1.807, 2.05) is 26.8 Å². The third kappa shape index (κ3) is 3.92. The molecule has 2 aromatic heterocycles. The molecule has 2 aromatic rings. The van der Waals surface area contributed by atoms with E-state index in [-0.39, 0.29) is 40.9 Å². The van der Waals surface area contributed by atoms with E-state index in [1.165, 1.54) is 9.47 Å². The lowest BCUT2D eigenvalue weighted by Crippen LogP contribution is -2.37. The minimum absolute atomic E-state index is 0.00672. The Morgan fingerprint density at radius 3 is 2.59 bits per heavy atom. The standard InChI is InChI=1S/C19H25N5O3/c1-6-9-24-16-15(17(25)22-19(24)27)13(10-14(21-16)11(2)3)18(26)23(5)12(4)7-8-20/h10-12H,6-7,9H2,1-5H3,(H,22,25,27). The van der Waals surface area contributed by atoms with E-state index in [2.05, 4.69) is 9.97 Å². The second kappa shape index (κ2) is 8.16. The molecule has 0 radical (unpaired) electrons. The molecule has 1 N–H and O–H groups in total. The maximum Gasteiger partial charge on any atom is 0.329 e. The summed E-state index contributed by atoms with van der Waals surface area (Å²) in [5.74, 6) is -0.369. The second-order valence-corrected chi connectivity index (χ2v) is 6.99. The molecule has 0 saturated carbocycles. The van der Waals surface area contributed by atoms with Crippen molar-refractivity contribution in [2.24, 2.45) is 0 Å². The Labute approximate surface area is 157 Å². The zero-order valence-electron chi connectivity index (χ0n) is 16.4. The molecule has 1 unspecified atom stereocenters. The summed E-state index contributed by atoms with van der Waals surface area (Å²) >= 11 is 0. The van der Waals surface area contributed by atoms with Crippen molar-refractivity contribution >= 4 is 16.9 Å². The Morgan fingerprint density at radius 2 is 2.04 bits per heavy atom. The summed E-state index contributed by atoms with van der Waals surface area (Å²) in [4.78, 5) is 46.2. The van der Waals surface area contributed by atoms with Gasteiger partial charge in [-0.2, -0.15) is 5.26 Å². The first-order chi connectivity index (χ1) is 12.7. The molecule has 2 heterocycles. The van der Waals surface area contributed by atoms with Crippen LogP contribution in [-0.2, 0) is 6.54 Å². The van der Waals surface area contributed by atoms with Crippen LogP contribution in [0.4, 0.5) is 0 Å². The van der Waals surface area contributed by atoms with Crippen LogP contribution in [0.1, 0.15) is 62.5 Å². The molecule has 0 fully saturated rings. The molecular weight excluding hydrogens is 346 g/mol. The van der Waals surface area contributed by atoms with Crippen LogP contribution < -0.4 is 11.2 Å². The van der Waals surface area contributed by atoms with E-state index in [0.717, 1.165) is 0 Å². The number of pyridine rings is 1. The number of nitrogens with zero attached hydrogens (tertiary/aromatic N) is 4. The Kier molecular flexibility index (Phi) is 6.16. The third-order valence-corrected chi connectivity index (χ3v) is 4.61. The molecule has 2 rings (SSSR count). The number of carbonyl (C=O) groups is 1. The normalized spacial score (nSPS) is 12.2. The summed E-state index contributed by atoms with van der Waals surface area (Å²) in [5.41, 5.74) is -0.118. The van der Waals surface area contributed by atoms with Gasteiger partial charge < -0.3 is 4.90 Å². The highest BCUT2D eigenvalue weighted by Crippen LogP contribution is 2.21. The van der Waals surface area contributed by atoms with Crippen LogP contribution in [0.2, 0.25) is 0 Å². The summed E-state index contributed by atoms with van der Waals surface area (Å²) in [6, 6.07) is 3.35. The van der Waals surface area contributed by atoms with Crippen molar-refractivity contribution in [2.45, 2.75) is 59.0 Å². The van der Waals surface area contributed by atoms with E-state index in [4.69, 9.17) is 5.26 Å². The molecule has 0 bridgehead atoms. The number of aryl methyl sites for hydroxylation is 1. The predicted octanol–water partition coefficient (Wildman–Crippen LogP) is 1.99. The highest BCUT2D eigenvalue weighted by atomic mass is 16.2. The van der Waals surface area contributed by atoms with Crippen LogP contribution >= 0.6 is 0 Å². The summed E-state index contributed by atoms with van der Waals surface area (Å²) < 4.78 is 1.40. The number of nitrogens with one attached hydrogen (secondary N) is 1. The molecule has 8 nitrogen and oxygen atoms in total. The molecular formula is C19H25N5O3.